The average molecular weight is 220 g/mol. The molecule has 0 aliphatic carbocycles. The van der Waals surface area contributed by atoms with Crippen molar-refractivity contribution in [1.29, 1.82) is 0 Å². The number of carbonyl (C=O) groups is 1. The maximum atomic E-state index is 11.8. The van der Waals surface area contributed by atoms with Crippen LogP contribution in [0.4, 0.5) is 26.3 Å². The van der Waals surface area contributed by atoms with Crippen molar-refractivity contribution in [3.63, 3.8) is 0 Å². The molecule has 0 saturated carbocycles. The van der Waals surface area contributed by atoms with Gasteiger partial charge in [-0.05, 0) is 12.5 Å². The Kier molecular flexibility index (Phi) is 3.36. The lowest BCUT2D eigenvalue weighted by atomic mass is 9.98. The summed E-state index contributed by atoms with van der Waals surface area (Å²) in [6, 6.07) is 0. The quantitative estimate of drug-likeness (QED) is 0.516. The molecule has 0 aliphatic heterocycles. The molecule has 0 spiro atoms. The molecule has 0 aromatic carbocycles. The van der Waals surface area contributed by atoms with Crippen molar-refractivity contribution < 1.29 is 31.1 Å². The summed E-state index contributed by atoms with van der Waals surface area (Å²) in [6.07, 6.45) is -11.3. The van der Waals surface area contributed by atoms with Crippen LogP contribution in [0.15, 0.2) is 12.2 Å². The summed E-state index contributed by atoms with van der Waals surface area (Å²) in [4.78, 5) is 10.6. The molecular weight excluding hydrogens is 214 g/mol. The highest BCUT2D eigenvalue weighted by molar-refractivity contribution is 5.97. The Morgan fingerprint density at radius 1 is 1.07 bits per heavy atom. The van der Waals surface area contributed by atoms with Crippen molar-refractivity contribution in [2.45, 2.75) is 19.3 Å². The highest BCUT2D eigenvalue weighted by atomic mass is 19.4. The molecule has 0 N–H and O–H groups in total. The minimum Gasteiger partial charge on any atom is -0.294 e. The summed E-state index contributed by atoms with van der Waals surface area (Å²) in [6.45, 7) is 3.55. The first-order valence-corrected chi connectivity index (χ1v) is 3.31. The minimum atomic E-state index is -5.63. The fraction of sp³-hybridized carbons (Fsp3) is 0.571. The number of alkyl halides is 6. The number of halogens is 6. The average Bonchev–Trinajstić information content (AvgIpc) is 1.79. The minimum absolute atomic E-state index is 0.773. The molecule has 0 aromatic heterocycles. The maximum absolute atomic E-state index is 11.8. The molecular formula is C7H6F6O. The van der Waals surface area contributed by atoms with Gasteiger partial charge in [-0.2, -0.15) is 26.3 Å². The number of ketones is 1. The number of Topliss-reactive ketones (excluding diaryl/α,β-unsaturated/α-hetero) is 1. The van der Waals surface area contributed by atoms with Gasteiger partial charge in [0.15, 0.2) is 5.78 Å². The van der Waals surface area contributed by atoms with Crippen molar-refractivity contribution in [3.8, 4) is 0 Å². The number of carbonyl (C=O) groups excluding carboxylic acids is 1. The lowest BCUT2D eigenvalue weighted by molar-refractivity contribution is -0.272. The number of allylic oxidation sites excluding steroid dienone is 1. The molecule has 0 amide bonds. The second kappa shape index (κ2) is 3.62. The monoisotopic (exact) mass is 220 g/mol. The van der Waals surface area contributed by atoms with E-state index in [4.69, 9.17) is 0 Å². The Hall–Kier alpha value is -1.01. The molecule has 0 fully saturated rings. The van der Waals surface area contributed by atoms with Crippen molar-refractivity contribution in [2.24, 2.45) is 5.92 Å². The fourth-order valence-electron chi connectivity index (χ4n) is 0.729. The molecule has 0 aromatic rings. The van der Waals surface area contributed by atoms with Crippen molar-refractivity contribution >= 4 is 5.78 Å². The summed E-state index contributed by atoms with van der Waals surface area (Å²) in [7, 11) is 0. The van der Waals surface area contributed by atoms with E-state index < -0.39 is 29.6 Å². The molecule has 14 heavy (non-hydrogen) atoms. The van der Waals surface area contributed by atoms with Gasteiger partial charge in [0.25, 0.3) is 0 Å². The Labute approximate surface area is 75.4 Å². The van der Waals surface area contributed by atoms with Gasteiger partial charge in [-0.3, -0.25) is 4.79 Å². The first-order valence-electron chi connectivity index (χ1n) is 3.31. The third kappa shape index (κ3) is 3.04. The van der Waals surface area contributed by atoms with Crippen LogP contribution in [-0.2, 0) is 4.79 Å². The van der Waals surface area contributed by atoms with Crippen LogP contribution in [0.25, 0.3) is 0 Å². The molecule has 1 nitrogen and oxygen atoms in total. The molecule has 0 bridgehead atoms. The number of rotatable bonds is 2. The Morgan fingerprint density at radius 2 is 1.36 bits per heavy atom. The molecule has 0 saturated heterocycles. The predicted molar refractivity (Wildman–Crippen MR) is 35.4 cm³/mol. The lowest BCUT2D eigenvalue weighted by Gasteiger charge is -2.21. The zero-order valence-corrected chi connectivity index (χ0v) is 6.96. The van der Waals surface area contributed by atoms with E-state index in [1.54, 1.807) is 0 Å². The van der Waals surface area contributed by atoms with Crippen LogP contribution in [0.1, 0.15) is 6.92 Å². The largest absolute Gasteiger partial charge is 0.407 e. The van der Waals surface area contributed by atoms with Gasteiger partial charge in [-0.15, -0.1) is 0 Å². The Bertz CT molecular complexity index is 234. The maximum Gasteiger partial charge on any atom is 0.407 e. The molecule has 0 radical (unpaired) electrons. The standard InChI is InChI=1S/C7H6F6O/c1-3(2)4(14)5(6(8,9)10)7(11,12)13/h5H,1H2,2H3. The van der Waals surface area contributed by atoms with E-state index in [1.165, 1.54) is 0 Å². The highest BCUT2D eigenvalue weighted by Gasteiger charge is 2.60. The van der Waals surface area contributed by atoms with Gasteiger partial charge >= 0.3 is 12.4 Å². The number of hydrogen-bond donors (Lipinski definition) is 0. The SMILES string of the molecule is C=C(C)C(=O)C(C(F)(F)F)C(F)(F)F. The Balaban J connectivity index is 5.15. The molecule has 0 rings (SSSR count). The van der Waals surface area contributed by atoms with E-state index in [9.17, 15) is 31.1 Å². The van der Waals surface area contributed by atoms with E-state index in [-0.39, 0.29) is 0 Å². The van der Waals surface area contributed by atoms with Crippen molar-refractivity contribution in [3.05, 3.63) is 12.2 Å². The number of hydrogen-bond acceptors (Lipinski definition) is 1. The Morgan fingerprint density at radius 3 is 1.43 bits per heavy atom. The summed E-state index contributed by atoms with van der Waals surface area (Å²) in [5, 5.41) is 0. The summed E-state index contributed by atoms with van der Waals surface area (Å²) in [5.74, 6) is -6.02. The predicted octanol–water partition coefficient (Wildman–Crippen LogP) is 2.87. The fourth-order valence-corrected chi connectivity index (χ4v) is 0.729. The van der Waals surface area contributed by atoms with Gasteiger partial charge < -0.3 is 0 Å². The van der Waals surface area contributed by atoms with E-state index >= 15 is 0 Å². The van der Waals surface area contributed by atoms with E-state index in [0.717, 1.165) is 6.92 Å². The van der Waals surface area contributed by atoms with Gasteiger partial charge in [-0.1, -0.05) is 6.58 Å². The third-order valence-corrected chi connectivity index (χ3v) is 1.34. The second-order valence-corrected chi connectivity index (χ2v) is 2.66. The topological polar surface area (TPSA) is 17.1 Å². The van der Waals surface area contributed by atoms with Crippen LogP contribution in [0, 0.1) is 5.92 Å². The van der Waals surface area contributed by atoms with Crippen molar-refractivity contribution in [2.75, 3.05) is 0 Å². The lowest BCUT2D eigenvalue weighted by Crippen LogP contribution is -2.42. The normalized spacial score (nSPS) is 13.1. The molecule has 82 valence electrons. The molecule has 0 aliphatic rings. The van der Waals surface area contributed by atoms with Gasteiger partial charge in [0, 0.05) is 0 Å². The molecule has 0 atom stereocenters. The van der Waals surface area contributed by atoms with Crippen LogP contribution in [0.2, 0.25) is 0 Å². The van der Waals surface area contributed by atoms with Gasteiger partial charge in [0.2, 0.25) is 5.92 Å². The highest BCUT2D eigenvalue weighted by Crippen LogP contribution is 2.40. The third-order valence-electron chi connectivity index (χ3n) is 1.34. The molecule has 0 unspecified atom stereocenters. The van der Waals surface area contributed by atoms with Crippen LogP contribution in [0.5, 0.6) is 0 Å². The van der Waals surface area contributed by atoms with E-state index in [2.05, 4.69) is 6.58 Å². The van der Waals surface area contributed by atoms with Crippen LogP contribution >= 0.6 is 0 Å². The summed E-state index contributed by atoms with van der Waals surface area (Å²) < 4.78 is 71.1. The molecule has 0 heterocycles. The van der Waals surface area contributed by atoms with E-state index in [0.29, 0.717) is 0 Å². The smallest absolute Gasteiger partial charge is 0.294 e. The van der Waals surface area contributed by atoms with Crippen LogP contribution in [-0.4, -0.2) is 18.1 Å². The zero-order valence-electron chi connectivity index (χ0n) is 6.96. The molecule has 7 heteroatoms. The first kappa shape index (κ1) is 13.0. The van der Waals surface area contributed by atoms with E-state index in [1.807, 2.05) is 0 Å². The first-order chi connectivity index (χ1) is 5.98. The van der Waals surface area contributed by atoms with Crippen LogP contribution < -0.4 is 0 Å². The zero-order chi connectivity index (χ0) is 11.7. The van der Waals surface area contributed by atoms with Gasteiger partial charge in [0.1, 0.15) is 0 Å². The van der Waals surface area contributed by atoms with Crippen molar-refractivity contribution in [1.82, 2.24) is 0 Å². The van der Waals surface area contributed by atoms with Crippen LogP contribution in [0.3, 0.4) is 0 Å². The summed E-state index contributed by atoms with van der Waals surface area (Å²) in [5.41, 5.74) is -0.773. The van der Waals surface area contributed by atoms with Gasteiger partial charge in [0.05, 0.1) is 0 Å². The summed E-state index contributed by atoms with van der Waals surface area (Å²) >= 11 is 0. The van der Waals surface area contributed by atoms with Gasteiger partial charge in [-0.25, -0.2) is 0 Å². The second-order valence-electron chi connectivity index (χ2n) is 2.66.